The van der Waals surface area contributed by atoms with Crippen molar-refractivity contribution in [3.63, 3.8) is 0 Å². The van der Waals surface area contributed by atoms with Crippen LogP contribution in [0.15, 0.2) is 24.3 Å². The lowest BCUT2D eigenvalue weighted by atomic mass is 10.0. The van der Waals surface area contributed by atoms with Gasteiger partial charge in [-0.05, 0) is 30.9 Å². The van der Waals surface area contributed by atoms with Gasteiger partial charge in [0, 0.05) is 29.7 Å². The Morgan fingerprint density at radius 2 is 2.12 bits per heavy atom. The normalized spacial score (nSPS) is 27.6. The molecule has 0 spiro atoms. The van der Waals surface area contributed by atoms with Crippen LogP contribution in [0.5, 0.6) is 0 Å². The minimum Gasteiger partial charge on any atom is -0.332 e. The Labute approximate surface area is 146 Å². The van der Waals surface area contributed by atoms with E-state index < -0.39 is 0 Å². The van der Waals surface area contributed by atoms with Gasteiger partial charge in [0.2, 0.25) is 5.91 Å². The number of thioether (sulfide) groups is 1. The Morgan fingerprint density at radius 3 is 3.04 bits per heavy atom. The first kappa shape index (κ1) is 15.8. The van der Waals surface area contributed by atoms with E-state index in [1.54, 1.807) is 0 Å². The van der Waals surface area contributed by atoms with Gasteiger partial charge in [0.05, 0.1) is 12.1 Å². The van der Waals surface area contributed by atoms with Crippen molar-refractivity contribution in [2.75, 3.05) is 17.2 Å². The molecule has 3 heterocycles. The number of para-hydroxylation sites is 1. The summed E-state index contributed by atoms with van der Waals surface area (Å²) in [6, 6.07) is 8.72. The Morgan fingerprint density at radius 1 is 1.25 bits per heavy atom. The molecular weight excluding hydrogens is 322 g/mol. The minimum absolute atomic E-state index is 0.0295. The molecule has 1 aromatic carbocycles. The average molecular weight is 345 g/mol. The minimum atomic E-state index is -0.0295. The predicted molar refractivity (Wildman–Crippen MR) is 96.5 cm³/mol. The lowest BCUT2D eigenvalue weighted by Crippen LogP contribution is -2.36. The molecule has 0 aliphatic carbocycles. The number of fused-ring (bicyclic) bond motifs is 2. The van der Waals surface area contributed by atoms with E-state index in [9.17, 15) is 9.59 Å². The van der Waals surface area contributed by atoms with Crippen LogP contribution in [0.1, 0.15) is 31.2 Å². The van der Waals surface area contributed by atoms with Crippen LogP contribution in [0.4, 0.5) is 10.5 Å². The van der Waals surface area contributed by atoms with Crippen molar-refractivity contribution in [1.29, 1.82) is 0 Å². The van der Waals surface area contributed by atoms with Crippen LogP contribution >= 0.6 is 11.8 Å². The molecule has 0 radical (unpaired) electrons. The van der Waals surface area contributed by atoms with Crippen LogP contribution in [0.3, 0.4) is 0 Å². The lowest BCUT2D eigenvalue weighted by Gasteiger charge is -2.18. The third kappa shape index (κ3) is 2.99. The highest BCUT2D eigenvalue weighted by molar-refractivity contribution is 8.00. The summed E-state index contributed by atoms with van der Waals surface area (Å²) in [6.07, 6.45) is 4.61. The molecule has 3 aliphatic heterocycles. The summed E-state index contributed by atoms with van der Waals surface area (Å²) in [6.45, 7) is 0.818. The highest BCUT2D eigenvalue weighted by Gasteiger charge is 2.42. The number of benzene rings is 1. The fourth-order valence-corrected chi connectivity index (χ4v) is 5.54. The average Bonchev–Trinajstić information content (AvgIpc) is 3.25. The summed E-state index contributed by atoms with van der Waals surface area (Å²) in [4.78, 5) is 25.8. The van der Waals surface area contributed by atoms with Crippen molar-refractivity contribution in [2.45, 2.75) is 49.4 Å². The van der Waals surface area contributed by atoms with Gasteiger partial charge in [-0.2, -0.15) is 11.8 Å². The molecule has 2 fully saturated rings. The van der Waals surface area contributed by atoms with E-state index in [1.165, 1.54) is 5.56 Å². The SMILES string of the molecule is O=C1N[C@H]2[C@@H](CS[C@@H]2CCCCC(=O)N2CCc3ccccc32)N1. The van der Waals surface area contributed by atoms with Crippen LogP contribution in [-0.4, -0.2) is 41.6 Å². The first-order valence-electron chi connectivity index (χ1n) is 8.79. The third-order valence-electron chi connectivity index (χ3n) is 5.26. The second-order valence-electron chi connectivity index (χ2n) is 6.79. The monoisotopic (exact) mass is 345 g/mol. The Bertz CT molecular complexity index is 651. The molecule has 0 saturated carbocycles. The number of nitrogens with one attached hydrogen (secondary N) is 2. The number of carbonyl (C=O) groups excluding carboxylic acids is 2. The number of hydrogen-bond donors (Lipinski definition) is 2. The third-order valence-corrected chi connectivity index (χ3v) is 6.76. The fraction of sp³-hybridized carbons (Fsp3) is 0.556. The summed E-state index contributed by atoms with van der Waals surface area (Å²) in [7, 11) is 0. The summed E-state index contributed by atoms with van der Waals surface area (Å²) in [5, 5.41) is 6.48. The molecule has 4 rings (SSSR count). The van der Waals surface area contributed by atoms with Gasteiger partial charge < -0.3 is 15.5 Å². The summed E-state index contributed by atoms with van der Waals surface area (Å²) in [5.41, 5.74) is 2.38. The second kappa shape index (κ2) is 6.67. The van der Waals surface area contributed by atoms with E-state index in [2.05, 4.69) is 16.7 Å². The fourth-order valence-electron chi connectivity index (χ4n) is 4.00. The van der Waals surface area contributed by atoms with Crippen LogP contribution in [0.2, 0.25) is 0 Å². The van der Waals surface area contributed by atoms with Gasteiger partial charge >= 0.3 is 6.03 Å². The molecule has 1 aromatic rings. The predicted octanol–water partition coefficient (Wildman–Crippen LogP) is 2.30. The van der Waals surface area contributed by atoms with Crippen LogP contribution < -0.4 is 15.5 Å². The van der Waals surface area contributed by atoms with E-state index in [0.29, 0.717) is 11.7 Å². The number of unbranched alkanes of at least 4 members (excludes halogenated alkanes) is 1. The van der Waals surface area contributed by atoms with Crippen molar-refractivity contribution in [3.05, 3.63) is 29.8 Å². The maximum Gasteiger partial charge on any atom is 0.315 e. The molecule has 2 N–H and O–H groups in total. The number of amides is 3. The molecule has 6 heteroatoms. The van der Waals surface area contributed by atoms with E-state index in [0.717, 1.165) is 43.7 Å². The van der Waals surface area contributed by atoms with Gasteiger partial charge in [-0.15, -0.1) is 0 Å². The first-order chi connectivity index (χ1) is 11.7. The van der Waals surface area contributed by atoms with Gasteiger partial charge in [0.15, 0.2) is 0 Å². The zero-order valence-corrected chi connectivity index (χ0v) is 14.5. The standard InChI is InChI=1S/C18H23N3O2S/c22-16(21-10-9-12-5-1-2-6-14(12)21)8-4-3-7-15-17-13(11-24-15)19-18(23)20-17/h1-2,5-6,13,15,17H,3-4,7-11H2,(H2,19,20,23)/t13-,15-,17+/m1/s1. The summed E-state index contributed by atoms with van der Waals surface area (Å²) in [5.74, 6) is 1.24. The number of urea groups is 1. The lowest BCUT2D eigenvalue weighted by molar-refractivity contribution is -0.118. The molecule has 0 unspecified atom stereocenters. The molecule has 3 aliphatic rings. The highest BCUT2D eigenvalue weighted by Crippen LogP contribution is 2.33. The van der Waals surface area contributed by atoms with Gasteiger partial charge in [-0.3, -0.25) is 4.79 Å². The van der Waals surface area contributed by atoms with Gasteiger partial charge in [-0.25, -0.2) is 4.79 Å². The van der Waals surface area contributed by atoms with Crippen molar-refractivity contribution in [2.24, 2.45) is 0 Å². The quantitative estimate of drug-likeness (QED) is 0.636. The second-order valence-corrected chi connectivity index (χ2v) is 8.06. The van der Waals surface area contributed by atoms with Gasteiger partial charge in [0.25, 0.3) is 0 Å². The number of hydrogen-bond acceptors (Lipinski definition) is 3. The van der Waals surface area contributed by atoms with Gasteiger partial charge in [-0.1, -0.05) is 24.6 Å². The zero-order chi connectivity index (χ0) is 16.5. The molecule has 128 valence electrons. The van der Waals surface area contributed by atoms with Crippen molar-refractivity contribution in [1.82, 2.24) is 10.6 Å². The number of carbonyl (C=O) groups is 2. The molecule has 2 saturated heterocycles. The summed E-state index contributed by atoms with van der Waals surface area (Å²) >= 11 is 1.94. The smallest absolute Gasteiger partial charge is 0.315 e. The molecule has 24 heavy (non-hydrogen) atoms. The molecule has 0 bridgehead atoms. The van der Waals surface area contributed by atoms with E-state index in [4.69, 9.17) is 0 Å². The van der Waals surface area contributed by atoms with Crippen molar-refractivity contribution >= 4 is 29.4 Å². The molecule has 3 amide bonds. The van der Waals surface area contributed by atoms with Crippen LogP contribution in [0.25, 0.3) is 0 Å². The van der Waals surface area contributed by atoms with E-state index in [1.807, 2.05) is 34.9 Å². The Balaban J connectivity index is 1.22. The molecule has 3 atom stereocenters. The van der Waals surface area contributed by atoms with Crippen LogP contribution in [0, 0.1) is 0 Å². The van der Waals surface area contributed by atoms with Crippen molar-refractivity contribution < 1.29 is 9.59 Å². The maximum absolute atomic E-state index is 12.5. The molecule has 0 aromatic heterocycles. The van der Waals surface area contributed by atoms with E-state index >= 15 is 0 Å². The van der Waals surface area contributed by atoms with Crippen molar-refractivity contribution in [3.8, 4) is 0 Å². The first-order valence-corrected chi connectivity index (χ1v) is 9.84. The number of anilines is 1. The van der Waals surface area contributed by atoms with Crippen LogP contribution in [-0.2, 0) is 11.2 Å². The molecule has 5 nitrogen and oxygen atoms in total. The number of rotatable bonds is 5. The zero-order valence-electron chi connectivity index (χ0n) is 13.7. The topological polar surface area (TPSA) is 61.4 Å². The Hall–Kier alpha value is -1.69. The molecular formula is C18H23N3O2S. The maximum atomic E-state index is 12.5. The Kier molecular flexibility index (Phi) is 4.39. The highest BCUT2D eigenvalue weighted by atomic mass is 32.2. The largest absolute Gasteiger partial charge is 0.332 e. The summed E-state index contributed by atoms with van der Waals surface area (Å²) < 4.78 is 0. The van der Waals surface area contributed by atoms with E-state index in [-0.39, 0.29) is 24.0 Å². The van der Waals surface area contributed by atoms with Gasteiger partial charge in [0.1, 0.15) is 0 Å². The number of nitrogens with zero attached hydrogens (tertiary/aromatic N) is 1.